The van der Waals surface area contributed by atoms with E-state index < -0.39 is 0 Å². The number of methoxy groups -OCH3 is 2. The van der Waals surface area contributed by atoms with Gasteiger partial charge in [0.05, 0.1) is 14.2 Å². The van der Waals surface area contributed by atoms with Gasteiger partial charge in [-0.2, -0.15) is 15.0 Å². The zero-order chi connectivity index (χ0) is 14.0. The zero-order valence-corrected chi connectivity index (χ0v) is 11.9. The van der Waals surface area contributed by atoms with Crippen molar-refractivity contribution in [1.29, 1.82) is 0 Å². The second-order valence-corrected chi connectivity index (χ2v) is 4.39. The van der Waals surface area contributed by atoms with Gasteiger partial charge in [-0.25, -0.2) is 0 Å². The molecule has 19 heavy (non-hydrogen) atoms. The van der Waals surface area contributed by atoms with Gasteiger partial charge < -0.3 is 9.47 Å². The molecular weight excluding hydrogens is 266 g/mol. The summed E-state index contributed by atoms with van der Waals surface area (Å²) in [6.07, 6.45) is 0. The van der Waals surface area contributed by atoms with Crippen LogP contribution in [0.5, 0.6) is 11.8 Å². The van der Waals surface area contributed by atoms with Gasteiger partial charge in [-0.1, -0.05) is 0 Å². The maximum absolute atomic E-state index is 5.86. The number of ether oxygens (including phenoxy) is 2. The molecule has 1 aromatic carbocycles. The van der Waals surface area contributed by atoms with E-state index in [1.54, 1.807) is 7.11 Å². The summed E-state index contributed by atoms with van der Waals surface area (Å²) in [6.45, 7) is 3.92. The zero-order valence-electron chi connectivity index (χ0n) is 11.2. The number of nitrogens with zero attached hydrogens (tertiary/aromatic N) is 3. The van der Waals surface area contributed by atoms with E-state index in [2.05, 4.69) is 15.0 Å². The SMILES string of the molecule is COc1nc(Cl)nc(-c2cc(C)c(OC)cc2C)n1. The Morgan fingerprint density at radius 2 is 1.68 bits per heavy atom. The Bertz CT molecular complexity index is 617. The van der Waals surface area contributed by atoms with Gasteiger partial charge in [-0.15, -0.1) is 0 Å². The molecule has 0 atom stereocenters. The van der Waals surface area contributed by atoms with E-state index in [0.29, 0.717) is 5.82 Å². The van der Waals surface area contributed by atoms with Crippen LogP contribution in [-0.4, -0.2) is 29.2 Å². The lowest BCUT2D eigenvalue weighted by molar-refractivity contribution is 0.378. The van der Waals surface area contributed by atoms with E-state index in [-0.39, 0.29) is 11.3 Å². The van der Waals surface area contributed by atoms with Gasteiger partial charge in [0, 0.05) is 5.56 Å². The average Bonchev–Trinajstić information content (AvgIpc) is 2.40. The Morgan fingerprint density at radius 3 is 2.32 bits per heavy atom. The number of aryl methyl sites for hydroxylation is 2. The summed E-state index contributed by atoms with van der Waals surface area (Å²) in [7, 11) is 3.13. The first kappa shape index (κ1) is 13.5. The van der Waals surface area contributed by atoms with Crippen molar-refractivity contribution in [2.24, 2.45) is 0 Å². The van der Waals surface area contributed by atoms with Gasteiger partial charge >= 0.3 is 6.01 Å². The number of hydrogen-bond donors (Lipinski definition) is 0. The van der Waals surface area contributed by atoms with E-state index in [1.165, 1.54) is 7.11 Å². The third-order valence-corrected chi connectivity index (χ3v) is 2.92. The van der Waals surface area contributed by atoms with E-state index >= 15 is 0 Å². The van der Waals surface area contributed by atoms with E-state index in [1.807, 2.05) is 26.0 Å². The third kappa shape index (κ3) is 2.76. The molecule has 5 nitrogen and oxygen atoms in total. The molecule has 0 N–H and O–H groups in total. The Morgan fingerprint density at radius 1 is 0.947 bits per heavy atom. The van der Waals surface area contributed by atoms with Crippen LogP contribution in [0, 0.1) is 13.8 Å². The predicted octanol–water partition coefficient (Wildman–Crippen LogP) is 2.83. The highest BCUT2D eigenvalue weighted by Crippen LogP contribution is 2.29. The molecule has 0 aliphatic heterocycles. The van der Waals surface area contributed by atoms with Crippen LogP contribution in [0.25, 0.3) is 11.4 Å². The van der Waals surface area contributed by atoms with Crippen LogP contribution >= 0.6 is 11.6 Å². The summed E-state index contributed by atoms with van der Waals surface area (Å²) in [4.78, 5) is 12.2. The van der Waals surface area contributed by atoms with Crippen molar-refractivity contribution >= 4 is 11.6 Å². The minimum atomic E-state index is 0.106. The Labute approximate surface area is 116 Å². The van der Waals surface area contributed by atoms with Crippen LogP contribution < -0.4 is 9.47 Å². The molecule has 0 unspecified atom stereocenters. The summed E-state index contributed by atoms with van der Waals surface area (Å²) in [5.74, 6) is 1.31. The normalized spacial score (nSPS) is 10.4. The first-order chi connectivity index (χ1) is 9.05. The maximum atomic E-state index is 5.86. The first-order valence-corrected chi connectivity index (χ1v) is 6.04. The van der Waals surface area contributed by atoms with Crippen molar-refractivity contribution in [3.8, 4) is 23.1 Å². The Balaban J connectivity index is 2.58. The van der Waals surface area contributed by atoms with E-state index in [4.69, 9.17) is 21.1 Å². The van der Waals surface area contributed by atoms with Crippen molar-refractivity contribution < 1.29 is 9.47 Å². The lowest BCUT2D eigenvalue weighted by atomic mass is 10.0. The molecule has 6 heteroatoms. The molecule has 2 aromatic rings. The number of halogens is 1. The van der Waals surface area contributed by atoms with Crippen molar-refractivity contribution in [3.05, 3.63) is 28.5 Å². The Kier molecular flexibility index (Phi) is 3.85. The molecule has 0 amide bonds. The summed E-state index contributed by atoms with van der Waals surface area (Å²) in [5, 5.41) is 0.106. The van der Waals surface area contributed by atoms with Crippen LogP contribution in [0.4, 0.5) is 0 Å². The topological polar surface area (TPSA) is 57.1 Å². The third-order valence-electron chi connectivity index (χ3n) is 2.75. The smallest absolute Gasteiger partial charge is 0.321 e. The highest BCUT2D eigenvalue weighted by molar-refractivity contribution is 6.28. The summed E-state index contributed by atoms with van der Waals surface area (Å²) < 4.78 is 10.3. The average molecular weight is 280 g/mol. The molecule has 0 fully saturated rings. The fraction of sp³-hybridized carbons (Fsp3) is 0.308. The Hall–Kier alpha value is -1.88. The van der Waals surface area contributed by atoms with Crippen molar-refractivity contribution in [2.45, 2.75) is 13.8 Å². The van der Waals surface area contributed by atoms with Crippen LogP contribution in [0.2, 0.25) is 5.28 Å². The quantitative estimate of drug-likeness (QED) is 0.865. The molecule has 1 aromatic heterocycles. The van der Waals surface area contributed by atoms with Gasteiger partial charge in [0.1, 0.15) is 5.75 Å². The number of aromatic nitrogens is 3. The van der Waals surface area contributed by atoms with Crippen molar-refractivity contribution in [2.75, 3.05) is 14.2 Å². The predicted molar refractivity (Wildman–Crippen MR) is 72.9 cm³/mol. The molecule has 0 spiro atoms. The van der Waals surface area contributed by atoms with Crippen molar-refractivity contribution in [3.63, 3.8) is 0 Å². The van der Waals surface area contributed by atoms with Crippen LogP contribution in [0.3, 0.4) is 0 Å². The second kappa shape index (κ2) is 5.40. The lowest BCUT2D eigenvalue weighted by Crippen LogP contribution is -2.00. The molecule has 0 saturated heterocycles. The molecule has 0 aliphatic carbocycles. The molecule has 0 aliphatic rings. The highest BCUT2D eigenvalue weighted by atomic mass is 35.5. The van der Waals surface area contributed by atoms with Gasteiger partial charge in [-0.05, 0) is 48.7 Å². The van der Waals surface area contributed by atoms with Crippen LogP contribution in [-0.2, 0) is 0 Å². The second-order valence-electron chi connectivity index (χ2n) is 4.05. The fourth-order valence-corrected chi connectivity index (χ4v) is 1.95. The van der Waals surface area contributed by atoms with E-state index in [0.717, 1.165) is 22.4 Å². The van der Waals surface area contributed by atoms with Crippen molar-refractivity contribution in [1.82, 2.24) is 15.0 Å². The molecule has 0 bridgehead atoms. The monoisotopic (exact) mass is 279 g/mol. The van der Waals surface area contributed by atoms with Gasteiger partial charge in [0.15, 0.2) is 5.82 Å². The molecule has 0 radical (unpaired) electrons. The minimum Gasteiger partial charge on any atom is -0.496 e. The fourth-order valence-electron chi connectivity index (χ4n) is 1.79. The highest BCUT2D eigenvalue weighted by Gasteiger charge is 2.12. The first-order valence-electron chi connectivity index (χ1n) is 5.66. The summed E-state index contributed by atoms with van der Waals surface area (Å²) in [5.41, 5.74) is 2.87. The van der Waals surface area contributed by atoms with Gasteiger partial charge in [-0.3, -0.25) is 0 Å². The molecule has 100 valence electrons. The maximum Gasteiger partial charge on any atom is 0.321 e. The molecule has 0 saturated carbocycles. The van der Waals surface area contributed by atoms with Gasteiger partial charge in [0.2, 0.25) is 5.28 Å². The number of hydrogen-bond acceptors (Lipinski definition) is 5. The number of rotatable bonds is 3. The summed E-state index contributed by atoms with van der Waals surface area (Å²) >= 11 is 5.86. The largest absolute Gasteiger partial charge is 0.496 e. The summed E-state index contributed by atoms with van der Waals surface area (Å²) in [6, 6.07) is 4.09. The van der Waals surface area contributed by atoms with Gasteiger partial charge in [0.25, 0.3) is 0 Å². The number of benzene rings is 1. The molecule has 2 rings (SSSR count). The van der Waals surface area contributed by atoms with E-state index in [9.17, 15) is 0 Å². The standard InChI is InChI=1S/C13H14ClN3O2/c1-7-6-10(18-3)8(2)5-9(7)11-15-12(14)17-13(16-11)19-4/h5-6H,1-4H3. The molecule has 1 heterocycles. The minimum absolute atomic E-state index is 0.106. The van der Waals surface area contributed by atoms with Crippen LogP contribution in [0.15, 0.2) is 12.1 Å². The molecular formula is C13H14ClN3O2. The lowest BCUT2D eigenvalue weighted by Gasteiger charge is -2.10. The van der Waals surface area contributed by atoms with Crippen LogP contribution in [0.1, 0.15) is 11.1 Å².